The van der Waals surface area contributed by atoms with Gasteiger partial charge in [0.05, 0.1) is 17.4 Å². The number of unbranched alkanes of at least 4 members (excludes halogenated alkanes) is 1. The van der Waals surface area contributed by atoms with E-state index in [1.807, 2.05) is 0 Å². The zero-order chi connectivity index (χ0) is 23.1. The molecule has 0 saturated carbocycles. The predicted molar refractivity (Wildman–Crippen MR) is 134 cm³/mol. The van der Waals surface area contributed by atoms with Gasteiger partial charge in [-0.3, -0.25) is 0 Å². The summed E-state index contributed by atoms with van der Waals surface area (Å²) in [6, 6.07) is 13.7. The van der Waals surface area contributed by atoms with Gasteiger partial charge in [-0.15, -0.1) is 0 Å². The standard InChI is InChI=1S/C27H38BN4/c1-7-10-12-22-13-11-14-24(18-22)31-15-16-32-25-21(4)17-23(19-29)20-30(25)27(6,9-3)26(5,8-2)28(31)32/h11,13-14,17-18,20H,7-10,12,15-16H2,1-6H3/q+1. The number of hydrogen-bond acceptors (Lipinski definition) is 3. The Bertz CT molecular complexity index is 1040. The van der Waals surface area contributed by atoms with Crippen LogP contribution in [0.1, 0.15) is 77.0 Å². The van der Waals surface area contributed by atoms with Crippen LogP contribution >= 0.6 is 0 Å². The van der Waals surface area contributed by atoms with E-state index in [1.165, 1.54) is 35.5 Å². The third-order valence-corrected chi connectivity index (χ3v) is 8.61. The fraction of sp³-hybridized carbons (Fsp3) is 0.556. The Morgan fingerprint density at radius 3 is 2.50 bits per heavy atom. The van der Waals surface area contributed by atoms with E-state index in [0.29, 0.717) is 6.98 Å². The summed E-state index contributed by atoms with van der Waals surface area (Å²) in [6.45, 7) is 16.3. The van der Waals surface area contributed by atoms with E-state index >= 15 is 0 Å². The van der Waals surface area contributed by atoms with Crippen LogP contribution in [0.25, 0.3) is 0 Å². The molecule has 3 heterocycles. The quantitative estimate of drug-likeness (QED) is 0.442. The molecule has 0 N–H and O–H groups in total. The third kappa shape index (κ3) is 3.22. The van der Waals surface area contributed by atoms with Gasteiger partial charge >= 0.3 is 6.98 Å². The summed E-state index contributed by atoms with van der Waals surface area (Å²) in [5.41, 5.74) is 4.66. The van der Waals surface area contributed by atoms with Crippen LogP contribution in [0.3, 0.4) is 0 Å². The molecule has 168 valence electrons. The maximum atomic E-state index is 9.67. The Hall–Kier alpha value is -2.48. The fourth-order valence-corrected chi connectivity index (χ4v) is 6.30. The van der Waals surface area contributed by atoms with Gasteiger partial charge < -0.3 is 9.62 Å². The van der Waals surface area contributed by atoms with Crippen molar-refractivity contribution in [2.24, 2.45) is 0 Å². The van der Waals surface area contributed by atoms with Crippen molar-refractivity contribution >= 4 is 18.5 Å². The first-order chi connectivity index (χ1) is 15.3. The lowest BCUT2D eigenvalue weighted by molar-refractivity contribution is -0.759. The summed E-state index contributed by atoms with van der Waals surface area (Å²) >= 11 is 0. The number of fused-ring (bicyclic) bond motifs is 3. The van der Waals surface area contributed by atoms with Crippen LogP contribution in [0, 0.1) is 18.3 Å². The highest BCUT2D eigenvalue weighted by molar-refractivity contribution is 6.71. The van der Waals surface area contributed by atoms with E-state index in [-0.39, 0.29) is 10.9 Å². The van der Waals surface area contributed by atoms with Crippen molar-refractivity contribution in [1.29, 1.82) is 5.26 Å². The van der Waals surface area contributed by atoms with Gasteiger partial charge in [-0.1, -0.05) is 46.2 Å². The van der Waals surface area contributed by atoms with E-state index in [2.05, 4.69) is 98.3 Å². The molecule has 32 heavy (non-hydrogen) atoms. The molecule has 0 aliphatic carbocycles. The number of aromatic nitrogens is 1. The molecule has 4 rings (SSSR count). The smallest absolute Gasteiger partial charge is 0.370 e. The van der Waals surface area contributed by atoms with Gasteiger partial charge in [0, 0.05) is 17.8 Å². The Morgan fingerprint density at radius 1 is 1.09 bits per heavy atom. The zero-order valence-electron chi connectivity index (χ0n) is 20.8. The summed E-state index contributed by atoms with van der Waals surface area (Å²) < 4.78 is 2.45. The molecule has 0 bridgehead atoms. The number of nitriles is 1. The lowest BCUT2D eigenvalue weighted by Gasteiger charge is -2.51. The van der Waals surface area contributed by atoms with Crippen molar-refractivity contribution in [2.75, 3.05) is 22.7 Å². The van der Waals surface area contributed by atoms with Crippen molar-refractivity contribution in [3.8, 4) is 6.07 Å². The molecular formula is C27H38BN4+. The molecule has 0 amide bonds. The summed E-state index contributed by atoms with van der Waals surface area (Å²) in [7, 11) is 0. The second-order valence-corrected chi connectivity index (χ2v) is 10.1. The second-order valence-electron chi connectivity index (χ2n) is 10.1. The Morgan fingerprint density at radius 2 is 1.84 bits per heavy atom. The lowest BCUT2D eigenvalue weighted by atomic mass is 9.39. The maximum absolute atomic E-state index is 9.67. The average molecular weight is 429 g/mol. The van der Waals surface area contributed by atoms with Crippen LogP contribution in [0.4, 0.5) is 11.5 Å². The predicted octanol–water partition coefficient (Wildman–Crippen LogP) is 5.62. The van der Waals surface area contributed by atoms with Gasteiger partial charge in [0.15, 0.2) is 0 Å². The van der Waals surface area contributed by atoms with Crippen LogP contribution in [0.15, 0.2) is 36.5 Å². The van der Waals surface area contributed by atoms with Crippen molar-refractivity contribution in [1.82, 2.24) is 0 Å². The molecule has 5 heteroatoms. The SMILES string of the molecule is CCCCc1cccc(N2CCN3B2C(C)(CC)C(C)(CC)[n+]2cc(C#N)cc(C)c23)c1. The number of anilines is 2. The highest BCUT2D eigenvalue weighted by atomic mass is 15.4. The van der Waals surface area contributed by atoms with Crippen molar-refractivity contribution in [3.05, 3.63) is 53.2 Å². The molecule has 1 fully saturated rings. The van der Waals surface area contributed by atoms with Crippen LogP contribution < -0.4 is 14.2 Å². The molecule has 2 aromatic rings. The number of hydrogen-bond donors (Lipinski definition) is 0. The van der Waals surface area contributed by atoms with Crippen molar-refractivity contribution in [2.45, 2.75) is 84.5 Å². The third-order valence-electron chi connectivity index (χ3n) is 8.61. The number of rotatable bonds is 6. The fourth-order valence-electron chi connectivity index (χ4n) is 6.30. The molecular weight excluding hydrogens is 391 g/mol. The van der Waals surface area contributed by atoms with Crippen LogP contribution in [-0.4, -0.2) is 20.1 Å². The van der Waals surface area contributed by atoms with E-state index < -0.39 is 0 Å². The molecule has 2 aliphatic rings. The first kappa shape index (κ1) is 22.7. The molecule has 2 unspecified atom stereocenters. The molecule has 1 saturated heterocycles. The molecule has 0 spiro atoms. The zero-order valence-corrected chi connectivity index (χ0v) is 20.8. The van der Waals surface area contributed by atoms with Crippen molar-refractivity contribution in [3.63, 3.8) is 0 Å². The average Bonchev–Trinajstić information content (AvgIpc) is 3.26. The largest absolute Gasteiger partial charge is 0.507 e. The molecule has 2 atom stereocenters. The van der Waals surface area contributed by atoms with Gasteiger partial charge in [-0.2, -0.15) is 5.26 Å². The molecule has 0 radical (unpaired) electrons. The first-order valence-electron chi connectivity index (χ1n) is 12.4. The molecule has 2 aliphatic heterocycles. The van der Waals surface area contributed by atoms with Gasteiger partial charge in [-0.05, 0) is 63.3 Å². The normalized spacial score (nSPS) is 24.3. The highest BCUT2D eigenvalue weighted by Gasteiger charge is 2.69. The summed E-state index contributed by atoms with van der Waals surface area (Å²) in [4.78, 5) is 5.28. The lowest BCUT2D eigenvalue weighted by Crippen LogP contribution is -2.74. The molecule has 1 aromatic heterocycles. The van der Waals surface area contributed by atoms with Gasteiger partial charge in [0.2, 0.25) is 0 Å². The minimum absolute atomic E-state index is 0.0237. The number of pyridine rings is 1. The van der Waals surface area contributed by atoms with Gasteiger partial charge in [0.25, 0.3) is 5.82 Å². The Balaban J connectivity index is 1.88. The highest BCUT2D eigenvalue weighted by Crippen LogP contribution is 2.55. The van der Waals surface area contributed by atoms with Gasteiger partial charge in [-0.25, -0.2) is 4.57 Å². The van der Waals surface area contributed by atoms with E-state index in [1.54, 1.807) is 0 Å². The van der Waals surface area contributed by atoms with E-state index in [0.717, 1.165) is 37.9 Å². The van der Waals surface area contributed by atoms with E-state index in [9.17, 15) is 5.26 Å². The number of aryl methyl sites for hydroxylation is 2. The Kier molecular flexibility index (Phi) is 6.01. The minimum atomic E-state index is -0.0850. The first-order valence-corrected chi connectivity index (χ1v) is 12.4. The van der Waals surface area contributed by atoms with E-state index in [4.69, 9.17) is 0 Å². The minimum Gasteiger partial charge on any atom is -0.370 e. The summed E-state index contributed by atoms with van der Waals surface area (Å²) in [5.74, 6) is 1.29. The maximum Gasteiger partial charge on any atom is 0.507 e. The topological polar surface area (TPSA) is 34.1 Å². The summed E-state index contributed by atoms with van der Waals surface area (Å²) in [6.07, 6.45) is 7.82. The van der Waals surface area contributed by atoms with Crippen LogP contribution in [0.5, 0.6) is 0 Å². The second kappa shape index (κ2) is 8.47. The molecule has 1 aromatic carbocycles. The monoisotopic (exact) mass is 429 g/mol. The number of benzene rings is 1. The summed E-state index contributed by atoms with van der Waals surface area (Å²) in [5, 5.41) is 9.70. The Labute approximate surface area is 195 Å². The van der Waals surface area contributed by atoms with Crippen molar-refractivity contribution < 1.29 is 4.57 Å². The van der Waals surface area contributed by atoms with Crippen LogP contribution in [0.2, 0.25) is 5.31 Å². The molecule has 4 nitrogen and oxygen atoms in total. The number of nitrogens with zero attached hydrogens (tertiary/aromatic N) is 4. The van der Waals surface area contributed by atoms with Gasteiger partial charge in [0.1, 0.15) is 17.8 Å². The van der Waals surface area contributed by atoms with Crippen LogP contribution in [-0.2, 0) is 12.0 Å².